The van der Waals surface area contributed by atoms with Crippen LogP contribution in [0.4, 0.5) is 3.89 Å². The molecule has 7 heteroatoms. The minimum absolute atomic E-state index is 0.232. The van der Waals surface area contributed by atoms with E-state index >= 15 is 0 Å². The lowest BCUT2D eigenvalue weighted by Crippen LogP contribution is -2.43. The van der Waals surface area contributed by atoms with Gasteiger partial charge in [-0.25, -0.2) is 0 Å². The molecule has 0 amide bonds. The van der Waals surface area contributed by atoms with Crippen molar-refractivity contribution in [2.24, 2.45) is 12.5 Å². The Hall–Kier alpha value is -0.950. The molecule has 120 valence electrons. The predicted molar refractivity (Wildman–Crippen MR) is 80.0 cm³/mol. The first-order valence-electron chi connectivity index (χ1n) is 7.44. The predicted octanol–water partition coefficient (Wildman–Crippen LogP) is 2.10. The molecular formula is C14H24FN3O2S. The van der Waals surface area contributed by atoms with E-state index in [0.29, 0.717) is 6.54 Å². The van der Waals surface area contributed by atoms with Gasteiger partial charge in [0.1, 0.15) is 0 Å². The van der Waals surface area contributed by atoms with E-state index in [-0.39, 0.29) is 12.0 Å². The number of rotatable bonds is 8. The Morgan fingerprint density at radius 3 is 2.62 bits per heavy atom. The van der Waals surface area contributed by atoms with Crippen LogP contribution in [0.2, 0.25) is 0 Å². The van der Waals surface area contributed by atoms with Crippen LogP contribution in [-0.2, 0) is 23.8 Å². The van der Waals surface area contributed by atoms with E-state index < -0.39 is 16.0 Å². The summed E-state index contributed by atoms with van der Waals surface area (Å²) >= 11 is 0. The molecule has 1 aliphatic rings. The van der Waals surface area contributed by atoms with Crippen molar-refractivity contribution in [1.29, 1.82) is 0 Å². The molecule has 0 atom stereocenters. The minimum Gasteiger partial charge on any atom is -0.297 e. The Morgan fingerprint density at radius 1 is 1.48 bits per heavy atom. The van der Waals surface area contributed by atoms with Crippen molar-refractivity contribution in [3.63, 3.8) is 0 Å². The molecule has 0 radical (unpaired) electrons. The molecule has 1 aromatic rings. The van der Waals surface area contributed by atoms with Crippen LogP contribution in [-0.4, -0.2) is 41.9 Å². The highest BCUT2D eigenvalue weighted by Crippen LogP contribution is 2.44. The van der Waals surface area contributed by atoms with Crippen molar-refractivity contribution in [2.75, 3.05) is 18.8 Å². The van der Waals surface area contributed by atoms with Crippen LogP contribution in [0.25, 0.3) is 0 Å². The second-order valence-electron chi connectivity index (χ2n) is 6.18. The van der Waals surface area contributed by atoms with Crippen LogP contribution in [0.3, 0.4) is 0 Å². The fourth-order valence-electron chi connectivity index (χ4n) is 3.04. The number of aromatic nitrogens is 2. The van der Waals surface area contributed by atoms with E-state index in [1.807, 2.05) is 13.2 Å². The molecule has 0 spiro atoms. The minimum atomic E-state index is -4.42. The quantitative estimate of drug-likeness (QED) is 0.689. The lowest BCUT2D eigenvalue weighted by atomic mass is 9.66. The molecule has 0 bridgehead atoms. The Balaban J connectivity index is 2.02. The molecule has 1 aliphatic carbocycles. The first-order chi connectivity index (χ1) is 9.82. The highest BCUT2D eigenvalue weighted by Gasteiger charge is 2.36. The number of aryl methyl sites for hydroxylation is 1. The summed E-state index contributed by atoms with van der Waals surface area (Å²) in [4.78, 5) is 2.05. The topological polar surface area (TPSA) is 55.2 Å². The Bertz CT molecular complexity index is 561. The van der Waals surface area contributed by atoms with Gasteiger partial charge >= 0.3 is 10.2 Å². The molecule has 1 aromatic heterocycles. The summed E-state index contributed by atoms with van der Waals surface area (Å²) in [5, 5.41) is 4.13. The molecule has 0 aliphatic heterocycles. The molecule has 5 nitrogen and oxygen atoms in total. The van der Waals surface area contributed by atoms with E-state index in [0.717, 1.165) is 18.5 Å². The second kappa shape index (κ2) is 6.44. The van der Waals surface area contributed by atoms with Crippen molar-refractivity contribution in [2.45, 2.75) is 39.2 Å². The van der Waals surface area contributed by atoms with Gasteiger partial charge in [0.15, 0.2) is 0 Å². The first-order valence-corrected chi connectivity index (χ1v) is 8.99. The Morgan fingerprint density at radius 2 is 2.19 bits per heavy atom. The molecule has 1 fully saturated rings. The van der Waals surface area contributed by atoms with Gasteiger partial charge < -0.3 is 0 Å². The summed E-state index contributed by atoms with van der Waals surface area (Å²) in [7, 11) is -2.57. The summed E-state index contributed by atoms with van der Waals surface area (Å²) in [6.45, 7) is 3.85. The first kappa shape index (κ1) is 16.4. The van der Waals surface area contributed by atoms with Gasteiger partial charge in [0.2, 0.25) is 0 Å². The zero-order valence-electron chi connectivity index (χ0n) is 12.8. The average Bonchev–Trinajstić information content (AvgIpc) is 2.75. The maximum atomic E-state index is 12.8. The zero-order chi connectivity index (χ0) is 15.5. The van der Waals surface area contributed by atoms with Crippen LogP contribution in [0.5, 0.6) is 0 Å². The second-order valence-corrected chi connectivity index (χ2v) is 7.67. The monoisotopic (exact) mass is 317 g/mol. The van der Waals surface area contributed by atoms with Gasteiger partial charge in [-0.15, -0.1) is 3.89 Å². The Kier molecular flexibility index (Phi) is 5.03. The normalized spacial score (nSPS) is 17.9. The Labute approximate surface area is 126 Å². The SMILES string of the molecule is CCC1(CN(CCS(=O)(=O)F)Cc2cnn(C)c2)CCC1. The highest BCUT2D eigenvalue weighted by atomic mass is 32.3. The highest BCUT2D eigenvalue weighted by molar-refractivity contribution is 7.86. The summed E-state index contributed by atoms with van der Waals surface area (Å²) < 4.78 is 36.2. The average molecular weight is 317 g/mol. The van der Waals surface area contributed by atoms with Gasteiger partial charge in [-0.05, 0) is 24.7 Å². The summed E-state index contributed by atoms with van der Waals surface area (Å²) in [6.07, 6.45) is 8.35. The molecule has 0 unspecified atom stereocenters. The van der Waals surface area contributed by atoms with Crippen molar-refractivity contribution >= 4 is 10.2 Å². The van der Waals surface area contributed by atoms with Crippen LogP contribution < -0.4 is 0 Å². The fraction of sp³-hybridized carbons (Fsp3) is 0.786. The fourth-order valence-corrected chi connectivity index (χ4v) is 3.51. The third kappa shape index (κ3) is 4.78. The van der Waals surface area contributed by atoms with Crippen LogP contribution in [0, 0.1) is 5.41 Å². The molecule has 0 N–H and O–H groups in total. The standard InChI is InChI=1S/C14H24FN3O2S/c1-3-14(5-4-6-14)12-18(7-8-21(15,19)20)11-13-9-16-17(2)10-13/h9-10H,3-8,11-12H2,1-2H3. The lowest BCUT2D eigenvalue weighted by Gasteiger charge is -2.44. The number of halogens is 1. The maximum Gasteiger partial charge on any atom is 0.303 e. The molecule has 1 saturated carbocycles. The molecular weight excluding hydrogens is 293 g/mol. The maximum absolute atomic E-state index is 12.8. The largest absolute Gasteiger partial charge is 0.303 e. The van der Waals surface area contributed by atoms with Crippen molar-refractivity contribution in [3.05, 3.63) is 18.0 Å². The summed E-state index contributed by atoms with van der Waals surface area (Å²) in [5.41, 5.74) is 1.31. The smallest absolute Gasteiger partial charge is 0.297 e. The van der Waals surface area contributed by atoms with Gasteiger partial charge in [-0.1, -0.05) is 13.3 Å². The van der Waals surface area contributed by atoms with Crippen LogP contribution >= 0.6 is 0 Å². The van der Waals surface area contributed by atoms with Gasteiger partial charge in [0, 0.05) is 38.4 Å². The van der Waals surface area contributed by atoms with Crippen molar-refractivity contribution < 1.29 is 12.3 Å². The van der Waals surface area contributed by atoms with Gasteiger partial charge in [0.05, 0.1) is 11.9 Å². The van der Waals surface area contributed by atoms with Gasteiger partial charge in [-0.2, -0.15) is 13.5 Å². The summed E-state index contributed by atoms with van der Waals surface area (Å²) in [6, 6.07) is 0. The van der Waals surface area contributed by atoms with E-state index in [9.17, 15) is 12.3 Å². The molecule has 0 aromatic carbocycles. The third-order valence-corrected chi connectivity index (χ3v) is 5.21. The van der Waals surface area contributed by atoms with E-state index in [1.54, 1.807) is 10.9 Å². The van der Waals surface area contributed by atoms with Crippen LogP contribution in [0.1, 0.15) is 38.2 Å². The summed E-state index contributed by atoms with van der Waals surface area (Å²) in [5.74, 6) is -0.437. The van der Waals surface area contributed by atoms with E-state index in [4.69, 9.17) is 0 Å². The number of nitrogens with zero attached hydrogens (tertiary/aromatic N) is 3. The van der Waals surface area contributed by atoms with E-state index in [1.165, 1.54) is 19.3 Å². The molecule has 0 saturated heterocycles. The van der Waals surface area contributed by atoms with Crippen molar-refractivity contribution in [1.82, 2.24) is 14.7 Å². The molecule has 2 rings (SSSR count). The van der Waals surface area contributed by atoms with Gasteiger partial charge in [0.25, 0.3) is 0 Å². The van der Waals surface area contributed by atoms with Crippen molar-refractivity contribution in [3.8, 4) is 0 Å². The van der Waals surface area contributed by atoms with Crippen LogP contribution in [0.15, 0.2) is 12.4 Å². The van der Waals surface area contributed by atoms with Gasteiger partial charge in [-0.3, -0.25) is 9.58 Å². The van der Waals surface area contributed by atoms with E-state index in [2.05, 4.69) is 16.9 Å². The third-order valence-electron chi connectivity index (χ3n) is 4.54. The lowest BCUT2D eigenvalue weighted by molar-refractivity contribution is 0.0613. The molecule has 21 heavy (non-hydrogen) atoms. The number of hydrogen-bond acceptors (Lipinski definition) is 4. The number of hydrogen-bond donors (Lipinski definition) is 0. The zero-order valence-corrected chi connectivity index (χ0v) is 13.6. The molecule has 1 heterocycles.